The fourth-order valence-electron chi connectivity index (χ4n) is 2.70. The second kappa shape index (κ2) is 9.95. The predicted molar refractivity (Wildman–Crippen MR) is 105 cm³/mol. The molecule has 0 bridgehead atoms. The van der Waals surface area contributed by atoms with E-state index in [0.717, 1.165) is 27.7 Å². The van der Waals surface area contributed by atoms with E-state index in [1.54, 1.807) is 0 Å². The van der Waals surface area contributed by atoms with Crippen LogP contribution in [0.4, 0.5) is 0 Å². The van der Waals surface area contributed by atoms with Gasteiger partial charge in [0.25, 0.3) is 0 Å². The van der Waals surface area contributed by atoms with Crippen molar-refractivity contribution in [2.45, 2.75) is 12.6 Å². The van der Waals surface area contributed by atoms with Crippen LogP contribution in [0.3, 0.4) is 0 Å². The molecule has 27 heavy (non-hydrogen) atoms. The topological polar surface area (TPSA) is 90.9 Å². The molecule has 3 heterocycles. The smallest absolute Gasteiger partial charge is 0.309 e. The fourth-order valence-corrected chi connectivity index (χ4v) is 4.46. The summed E-state index contributed by atoms with van der Waals surface area (Å²) in [5.74, 6) is -1.27. The van der Waals surface area contributed by atoms with Gasteiger partial charge in [-0.05, 0) is 23.6 Å². The first-order valence-corrected chi connectivity index (χ1v) is 10.5. The van der Waals surface area contributed by atoms with Gasteiger partial charge in [-0.25, -0.2) is 0 Å². The lowest BCUT2D eigenvalue weighted by Crippen LogP contribution is -2.44. The number of nitrogens with zero attached hydrogens (tertiary/aromatic N) is 1. The molecule has 146 valence electrons. The molecule has 1 saturated heterocycles. The Kier molecular flexibility index (Phi) is 7.36. The lowest BCUT2D eigenvalue weighted by molar-refractivity contribution is -0.139. The quantitative estimate of drug-likeness (QED) is 0.593. The van der Waals surface area contributed by atoms with E-state index in [2.05, 4.69) is 15.5 Å². The molecule has 1 aliphatic heterocycles. The standard InChI is InChI=1S/C18H23N3O4S2/c22-16(14-2-1-11-26-14)15-4-3-13(27-15)12-20-18(24)17(23)19-5-6-21-7-9-25-10-8-21/h1-4,11,16,22H,5-10,12H2,(H,19,23)(H,20,24). The number of carbonyl (C=O) groups excluding carboxylic acids is 2. The third kappa shape index (κ3) is 5.85. The second-order valence-corrected chi connectivity index (χ2v) is 8.29. The second-order valence-electron chi connectivity index (χ2n) is 6.11. The van der Waals surface area contributed by atoms with Crippen molar-refractivity contribution in [2.75, 3.05) is 39.4 Å². The first-order chi connectivity index (χ1) is 13.1. The van der Waals surface area contributed by atoms with E-state index in [0.29, 0.717) is 26.3 Å². The molecule has 0 aromatic carbocycles. The van der Waals surface area contributed by atoms with Gasteiger partial charge in [0.05, 0.1) is 19.8 Å². The molecule has 1 atom stereocenters. The minimum Gasteiger partial charge on any atom is -0.382 e. The summed E-state index contributed by atoms with van der Waals surface area (Å²) in [6, 6.07) is 7.49. The Labute approximate surface area is 166 Å². The van der Waals surface area contributed by atoms with Gasteiger partial charge in [-0.2, -0.15) is 0 Å². The number of hydrogen-bond donors (Lipinski definition) is 3. The Balaban J connectivity index is 1.39. The Morgan fingerprint density at radius 3 is 2.67 bits per heavy atom. The third-order valence-corrected chi connectivity index (χ3v) is 6.27. The maximum atomic E-state index is 11.9. The SMILES string of the molecule is O=C(NCCN1CCOCC1)C(=O)NCc1ccc(C(O)c2cccs2)s1. The number of aliphatic hydroxyl groups is 1. The highest BCUT2D eigenvalue weighted by atomic mass is 32.1. The molecular formula is C18H23N3O4S2. The van der Waals surface area contributed by atoms with Crippen molar-refractivity contribution in [3.63, 3.8) is 0 Å². The number of thiophene rings is 2. The summed E-state index contributed by atoms with van der Waals surface area (Å²) in [5.41, 5.74) is 0. The van der Waals surface area contributed by atoms with Crippen LogP contribution in [0.1, 0.15) is 20.7 Å². The molecule has 1 unspecified atom stereocenters. The first-order valence-electron chi connectivity index (χ1n) is 8.79. The monoisotopic (exact) mass is 409 g/mol. The van der Waals surface area contributed by atoms with Gasteiger partial charge in [-0.15, -0.1) is 22.7 Å². The number of carbonyl (C=O) groups is 2. The predicted octanol–water partition coefficient (Wildman–Crippen LogP) is 0.956. The Morgan fingerprint density at radius 1 is 1.15 bits per heavy atom. The molecule has 0 spiro atoms. The Morgan fingerprint density at radius 2 is 1.93 bits per heavy atom. The zero-order valence-electron chi connectivity index (χ0n) is 14.8. The summed E-state index contributed by atoms with van der Waals surface area (Å²) >= 11 is 2.92. The summed E-state index contributed by atoms with van der Waals surface area (Å²) in [6.07, 6.45) is -0.650. The molecule has 1 fully saturated rings. The molecule has 1 aliphatic rings. The highest BCUT2D eigenvalue weighted by molar-refractivity contribution is 7.12. The summed E-state index contributed by atoms with van der Waals surface area (Å²) in [7, 11) is 0. The van der Waals surface area contributed by atoms with E-state index < -0.39 is 17.9 Å². The zero-order chi connectivity index (χ0) is 19.1. The van der Waals surface area contributed by atoms with Gasteiger partial charge in [0, 0.05) is 40.8 Å². The van der Waals surface area contributed by atoms with Crippen molar-refractivity contribution < 1.29 is 19.4 Å². The van der Waals surface area contributed by atoms with Crippen molar-refractivity contribution in [3.05, 3.63) is 44.3 Å². The number of rotatable bonds is 7. The number of hydrogen-bond acceptors (Lipinski definition) is 7. The summed E-state index contributed by atoms with van der Waals surface area (Å²) < 4.78 is 5.27. The fraction of sp³-hybridized carbons (Fsp3) is 0.444. The van der Waals surface area contributed by atoms with Crippen LogP contribution in [0, 0.1) is 0 Å². The van der Waals surface area contributed by atoms with Crippen molar-refractivity contribution >= 4 is 34.5 Å². The largest absolute Gasteiger partial charge is 0.382 e. The molecule has 7 nitrogen and oxygen atoms in total. The summed E-state index contributed by atoms with van der Waals surface area (Å²) in [5, 5.41) is 17.5. The van der Waals surface area contributed by atoms with Gasteiger partial charge < -0.3 is 20.5 Å². The minimum absolute atomic E-state index is 0.261. The Bertz CT molecular complexity index is 742. The summed E-state index contributed by atoms with van der Waals surface area (Å²) in [4.78, 5) is 28.6. The molecule has 2 aromatic rings. The van der Waals surface area contributed by atoms with E-state index in [1.807, 2.05) is 29.6 Å². The summed E-state index contributed by atoms with van der Waals surface area (Å²) in [6.45, 7) is 4.51. The molecule has 0 aliphatic carbocycles. The first kappa shape index (κ1) is 20.0. The van der Waals surface area contributed by atoms with E-state index >= 15 is 0 Å². The third-order valence-electron chi connectivity index (χ3n) is 4.21. The van der Waals surface area contributed by atoms with Crippen LogP contribution >= 0.6 is 22.7 Å². The average Bonchev–Trinajstić information content (AvgIpc) is 3.38. The minimum atomic E-state index is -0.650. The highest BCUT2D eigenvalue weighted by Crippen LogP contribution is 2.30. The number of ether oxygens (including phenoxy) is 1. The lowest BCUT2D eigenvalue weighted by atomic mass is 10.2. The van der Waals surface area contributed by atoms with Crippen molar-refractivity contribution in [1.29, 1.82) is 0 Å². The number of aliphatic hydroxyl groups excluding tert-OH is 1. The maximum absolute atomic E-state index is 11.9. The van der Waals surface area contributed by atoms with E-state index in [4.69, 9.17) is 4.74 Å². The molecule has 3 rings (SSSR count). The van der Waals surface area contributed by atoms with Crippen LogP contribution in [-0.4, -0.2) is 61.2 Å². The van der Waals surface area contributed by atoms with Gasteiger partial charge in [0.2, 0.25) is 0 Å². The average molecular weight is 410 g/mol. The van der Waals surface area contributed by atoms with Gasteiger partial charge in [-0.3, -0.25) is 14.5 Å². The zero-order valence-corrected chi connectivity index (χ0v) is 16.5. The highest BCUT2D eigenvalue weighted by Gasteiger charge is 2.17. The maximum Gasteiger partial charge on any atom is 0.309 e. The molecular weight excluding hydrogens is 386 g/mol. The normalized spacial score (nSPS) is 16.0. The van der Waals surface area contributed by atoms with E-state index in [9.17, 15) is 14.7 Å². The number of amides is 2. The van der Waals surface area contributed by atoms with Crippen LogP contribution in [0.5, 0.6) is 0 Å². The van der Waals surface area contributed by atoms with Crippen LogP contribution in [0.15, 0.2) is 29.6 Å². The van der Waals surface area contributed by atoms with Crippen LogP contribution in [0.25, 0.3) is 0 Å². The van der Waals surface area contributed by atoms with Crippen molar-refractivity contribution in [2.24, 2.45) is 0 Å². The van der Waals surface area contributed by atoms with Crippen LogP contribution in [-0.2, 0) is 20.9 Å². The van der Waals surface area contributed by atoms with Gasteiger partial charge in [0.15, 0.2) is 0 Å². The molecule has 2 aromatic heterocycles. The van der Waals surface area contributed by atoms with Gasteiger partial charge >= 0.3 is 11.8 Å². The van der Waals surface area contributed by atoms with Gasteiger partial charge in [0.1, 0.15) is 6.10 Å². The Hall–Kier alpha value is -1.78. The van der Waals surface area contributed by atoms with Crippen LogP contribution in [0.2, 0.25) is 0 Å². The van der Waals surface area contributed by atoms with Crippen molar-refractivity contribution in [3.8, 4) is 0 Å². The van der Waals surface area contributed by atoms with Gasteiger partial charge in [-0.1, -0.05) is 6.07 Å². The van der Waals surface area contributed by atoms with E-state index in [-0.39, 0.29) is 6.54 Å². The molecule has 3 N–H and O–H groups in total. The number of morpholine rings is 1. The molecule has 0 radical (unpaired) electrons. The van der Waals surface area contributed by atoms with Crippen LogP contribution < -0.4 is 10.6 Å². The lowest BCUT2D eigenvalue weighted by Gasteiger charge is -2.26. The molecule has 2 amide bonds. The molecule has 9 heteroatoms. The molecule has 0 saturated carbocycles. The van der Waals surface area contributed by atoms with Crippen molar-refractivity contribution in [1.82, 2.24) is 15.5 Å². The van der Waals surface area contributed by atoms with E-state index in [1.165, 1.54) is 22.7 Å². The number of nitrogens with one attached hydrogen (secondary N) is 2.